The van der Waals surface area contributed by atoms with Crippen LogP contribution in [0, 0.1) is 12.8 Å². The molecule has 1 atom stereocenters. The molecule has 0 radical (unpaired) electrons. The number of carbonyl (C=O) groups is 1. The largest absolute Gasteiger partial charge is 0.385 e. The van der Waals surface area contributed by atoms with Crippen LogP contribution < -0.4 is 5.32 Å². The van der Waals surface area contributed by atoms with Gasteiger partial charge in [0.25, 0.3) is 5.91 Å². The van der Waals surface area contributed by atoms with Gasteiger partial charge in [-0.05, 0) is 38.8 Å². The predicted molar refractivity (Wildman–Crippen MR) is 86.4 cm³/mol. The third kappa shape index (κ3) is 4.26. The Morgan fingerprint density at radius 3 is 2.55 bits per heavy atom. The highest BCUT2D eigenvalue weighted by atomic mass is 16.2. The molecule has 0 aliphatic carbocycles. The van der Waals surface area contributed by atoms with Crippen LogP contribution in [0.25, 0.3) is 0 Å². The molecule has 0 saturated heterocycles. The summed E-state index contributed by atoms with van der Waals surface area (Å²) in [6, 6.07) is 6.03. The first-order chi connectivity index (χ1) is 9.53. The smallest absolute Gasteiger partial charge is 0.255 e. The van der Waals surface area contributed by atoms with Gasteiger partial charge >= 0.3 is 0 Å². The number of anilines is 1. The van der Waals surface area contributed by atoms with Gasteiger partial charge in [0, 0.05) is 25.3 Å². The normalized spacial score (nSPS) is 12.1. The molecule has 0 bridgehead atoms. The summed E-state index contributed by atoms with van der Waals surface area (Å²) in [6.45, 7) is 12.9. The van der Waals surface area contributed by atoms with Gasteiger partial charge in [0.2, 0.25) is 0 Å². The van der Waals surface area contributed by atoms with Gasteiger partial charge < -0.3 is 10.2 Å². The van der Waals surface area contributed by atoms with E-state index in [1.54, 1.807) is 0 Å². The molecule has 1 aromatic rings. The molecule has 0 spiro atoms. The second kappa shape index (κ2) is 7.93. The Morgan fingerprint density at radius 1 is 1.30 bits per heavy atom. The Morgan fingerprint density at radius 2 is 2.00 bits per heavy atom. The van der Waals surface area contributed by atoms with Crippen LogP contribution >= 0.6 is 0 Å². The van der Waals surface area contributed by atoms with Crippen LogP contribution in [0.15, 0.2) is 18.2 Å². The van der Waals surface area contributed by atoms with Crippen LogP contribution in [0.4, 0.5) is 5.69 Å². The molecule has 0 aliphatic rings. The van der Waals surface area contributed by atoms with Crippen molar-refractivity contribution in [1.29, 1.82) is 0 Å². The van der Waals surface area contributed by atoms with Crippen molar-refractivity contribution in [3.8, 4) is 0 Å². The fraction of sp³-hybridized carbons (Fsp3) is 0.588. The van der Waals surface area contributed by atoms with Gasteiger partial charge in [-0.3, -0.25) is 4.79 Å². The van der Waals surface area contributed by atoms with E-state index in [4.69, 9.17) is 0 Å². The van der Waals surface area contributed by atoms with Crippen molar-refractivity contribution >= 4 is 11.6 Å². The van der Waals surface area contributed by atoms with Gasteiger partial charge in [0.15, 0.2) is 0 Å². The number of aryl methyl sites for hydroxylation is 1. The summed E-state index contributed by atoms with van der Waals surface area (Å²) >= 11 is 0. The Kier molecular flexibility index (Phi) is 6.56. The van der Waals surface area contributed by atoms with Crippen molar-refractivity contribution in [2.45, 2.75) is 41.0 Å². The van der Waals surface area contributed by atoms with Crippen molar-refractivity contribution in [3.05, 3.63) is 29.3 Å². The van der Waals surface area contributed by atoms with Gasteiger partial charge in [-0.15, -0.1) is 0 Å². The zero-order chi connectivity index (χ0) is 15.1. The Hall–Kier alpha value is -1.51. The van der Waals surface area contributed by atoms with E-state index in [-0.39, 0.29) is 5.91 Å². The fourth-order valence-corrected chi connectivity index (χ4v) is 2.21. The zero-order valence-electron chi connectivity index (χ0n) is 13.5. The number of hydrogen-bond acceptors (Lipinski definition) is 2. The van der Waals surface area contributed by atoms with Crippen LogP contribution in [-0.2, 0) is 0 Å². The lowest BCUT2D eigenvalue weighted by molar-refractivity contribution is 0.0741. The molecule has 112 valence electrons. The molecule has 0 heterocycles. The number of amides is 1. The maximum Gasteiger partial charge on any atom is 0.255 e. The summed E-state index contributed by atoms with van der Waals surface area (Å²) in [7, 11) is 0. The molecule has 3 heteroatoms. The number of nitrogens with one attached hydrogen (secondary N) is 1. The lowest BCUT2D eigenvalue weighted by Gasteiger charge is -2.25. The second-order valence-electron chi connectivity index (χ2n) is 5.44. The number of benzene rings is 1. The number of nitrogens with zero attached hydrogens (tertiary/aromatic N) is 1. The van der Waals surface area contributed by atoms with Crippen molar-refractivity contribution in [2.75, 3.05) is 25.0 Å². The Balaban J connectivity index is 3.01. The van der Waals surface area contributed by atoms with E-state index < -0.39 is 0 Å². The highest BCUT2D eigenvalue weighted by molar-refractivity contribution is 5.99. The van der Waals surface area contributed by atoms with Crippen LogP contribution in [0.5, 0.6) is 0 Å². The third-order valence-corrected chi connectivity index (χ3v) is 3.67. The maximum atomic E-state index is 12.8. The van der Waals surface area contributed by atoms with Crippen molar-refractivity contribution in [3.63, 3.8) is 0 Å². The SMILES string of the molecule is CCNc1ccc(C)cc1C(=O)N(CC)CC(C)CC. The van der Waals surface area contributed by atoms with E-state index in [1.807, 2.05) is 43.9 Å². The summed E-state index contributed by atoms with van der Waals surface area (Å²) < 4.78 is 0. The van der Waals surface area contributed by atoms with E-state index in [1.165, 1.54) is 0 Å². The molecule has 3 nitrogen and oxygen atoms in total. The molecule has 1 N–H and O–H groups in total. The van der Waals surface area contributed by atoms with E-state index in [9.17, 15) is 4.79 Å². The average Bonchev–Trinajstić information content (AvgIpc) is 2.45. The first kappa shape index (κ1) is 16.5. The molecule has 1 rings (SSSR count). The topological polar surface area (TPSA) is 32.3 Å². The van der Waals surface area contributed by atoms with Crippen molar-refractivity contribution in [1.82, 2.24) is 4.90 Å². The molecule has 1 aromatic carbocycles. The highest BCUT2D eigenvalue weighted by Gasteiger charge is 2.19. The maximum absolute atomic E-state index is 12.8. The standard InChI is InChI=1S/C17H28N2O/c1-6-13(4)12-19(8-3)17(20)15-11-14(5)9-10-16(15)18-7-2/h9-11,13,18H,6-8,12H2,1-5H3. The number of rotatable bonds is 7. The van der Waals surface area contributed by atoms with Crippen LogP contribution in [-0.4, -0.2) is 30.4 Å². The Labute approximate surface area is 123 Å². The molecule has 1 amide bonds. The molecule has 0 aliphatic heterocycles. The number of carbonyl (C=O) groups excluding carboxylic acids is 1. The minimum Gasteiger partial charge on any atom is -0.385 e. The monoisotopic (exact) mass is 276 g/mol. The van der Waals surface area contributed by atoms with Gasteiger partial charge in [0.1, 0.15) is 0 Å². The highest BCUT2D eigenvalue weighted by Crippen LogP contribution is 2.20. The molecule has 0 aromatic heterocycles. The van der Waals surface area contributed by atoms with Crippen LogP contribution in [0.3, 0.4) is 0 Å². The quantitative estimate of drug-likeness (QED) is 0.818. The summed E-state index contributed by atoms with van der Waals surface area (Å²) in [4.78, 5) is 14.7. The molecule has 0 fully saturated rings. The summed E-state index contributed by atoms with van der Waals surface area (Å²) in [5.41, 5.74) is 2.84. The van der Waals surface area contributed by atoms with E-state index in [2.05, 4.69) is 19.2 Å². The van der Waals surface area contributed by atoms with Crippen molar-refractivity contribution in [2.24, 2.45) is 5.92 Å². The number of hydrogen-bond donors (Lipinski definition) is 1. The van der Waals surface area contributed by atoms with Crippen molar-refractivity contribution < 1.29 is 4.79 Å². The average molecular weight is 276 g/mol. The minimum atomic E-state index is 0.132. The van der Waals surface area contributed by atoms with Gasteiger partial charge in [-0.2, -0.15) is 0 Å². The minimum absolute atomic E-state index is 0.132. The third-order valence-electron chi connectivity index (χ3n) is 3.67. The summed E-state index contributed by atoms with van der Waals surface area (Å²) in [6.07, 6.45) is 1.09. The van der Waals surface area contributed by atoms with Crippen LogP contribution in [0.1, 0.15) is 50.0 Å². The second-order valence-corrected chi connectivity index (χ2v) is 5.44. The summed E-state index contributed by atoms with van der Waals surface area (Å²) in [5, 5.41) is 3.28. The van der Waals surface area contributed by atoms with E-state index in [0.29, 0.717) is 5.92 Å². The Bertz CT molecular complexity index is 443. The zero-order valence-corrected chi connectivity index (χ0v) is 13.5. The van der Waals surface area contributed by atoms with Crippen LogP contribution in [0.2, 0.25) is 0 Å². The van der Waals surface area contributed by atoms with Gasteiger partial charge in [0.05, 0.1) is 5.56 Å². The van der Waals surface area contributed by atoms with Gasteiger partial charge in [-0.25, -0.2) is 0 Å². The molecular weight excluding hydrogens is 248 g/mol. The first-order valence-corrected chi connectivity index (χ1v) is 7.67. The predicted octanol–water partition coefficient (Wildman–Crippen LogP) is 3.94. The molecule has 1 unspecified atom stereocenters. The lowest BCUT2D eigenvalue weighted by Crippen LogP contribution is -2.35. The summed E-state index contributed by atoms with van der Waals surface area (Å²) in [5.74, 6) is 0.666. The molecule has 20 heavy (non-hydrogen) atoms. The first-order valence-electron chi connectivity index (χ1n) is 7.67. The van der Waals surface area contributed by atoms with Gasteiger partial charge in [-0.1, -0.05) is 31.9 Å². The molecular formula is C17H28N2O. The lowest BCUT2D eigenvalue weighted by atomic mass is 10.1. The van der Waals surface area contributed by atoms with E-state index >= 15 is 0 Å². The fourth-order valence-electron chi connectivity index (χ4n) is 2.21. The van der Waals surface area contributed by atoms with E-state index in [0.717, 1.165) is 42.9 Å². The molecule has 0 saturated carbocycles.